The average Bonchev–Trinajstić information content (AvgIpc) is 2.98. The first-order valence-corrected chi connectivity index (χ1v) is 9.09. The fraction of sp³-hybridized carbons (Fsp3) is 0.0870. The van der Waals surface area contributed by atoms with Crippen LogP contribution >= 0.6 is 0 Å². The summed E-state index contributed by atoms with van der Waals surface area (Å²) >= 11 is 0. The minimum Gasteiger partial charge on any atom is -0.324 e. The number of aryl methyl sites for hydroxylation is 1. The fourth-order valence-corrected chi connectivity index (χ4v) is 3.11. The van der Waals surface area contributed by atoms with Gasteiger partial charge >= 0.3 is 5.69 Å². The first kappa shape index (κ1) is 18.3. The Balaban J connectivity index is 1.52. The molecule has 0 saturated carbocycles. The van der Waals surface area contributed by atoms with Crippen molar-refractivity contribution in [3.8, 4) is 11.8 Å². The molecule has 2 heterocycles. The van der Waals surface area contributed by atoms with Gasteiger partial charge in [0.2, 0.25) is 5.91 Å². The molecule has 1 amide bonds. The molecule has 29 heavy (non-hydrogen) atoms. The second-order valence-corrected chi connectivity index (χ2v) is 6.51. The largest absolute Gasteiger partial charge is 0.329 e. The summed E-state index contributed by atoms with van der Waals surface area (Å²) in [4.78, 5) is 29.2. The maximum Gasteiger partial charge on any atom is 0.329 e. The number of para-hydroxylation sites is 2. The monoisotopic (exact) mass is 382 g/mol. The van der Waals surface area contributed by atoms with Crippen molar-refractivity contribution in [2.45, 2.75) is 6.54 Å². The number of rotatable bonds is 3. The Morgan fingerprint density at radius 1 is 1.00 bits per heavy atom. The number of pyridine rings is 1. The molecule has 2 aromatic carbocycles. The van der Waals surface area contributed by atoms with Crippen LogP contribution in [0.1, 0.15) is 11.3 Å². The lowest BCUT2D eigenvalue weighted by Crippen LogP contribution is -2.28. The number of nitrogens with zero attached hydrogens (tertiary/aromatic N) is 3. The van der Waals surface area contributed by atoms with Crippen molar-refractivity contribution in [3.05, 3.63) is 94.7 Å². The first-order chi connectivity index (χ1) is 14.1. The van der Waals surface area contributed by atoms with E-state index < -0.39 is 0 Å². The highest BCUT2D eigenvalue weighted by Gasteiger charge is 2.13. The number of anilines is 1. The number of carbonyl (C=O) groups is 1. The van der Waals surface area contributed by atoms with Gasteiger partial charge in [0.1, 0.15) is 12.2 Å². The summed E-state index contributed by atoms with van der Waals surface area (Å²) in [5.41, 5.74) is 3.35. The summed E-state index contributed by atoms with van der Waals surface area (Å²) in [6.07, 6.45) is 1.69. The van der Waals surface area contributed by atoms with Gasteiger partial charge in [0, 0.05) is 24.5 Å². The van der Waals surface area contributed by atoms with Crippen LogP contribution in [0.15, 0.2) is 77.7 Å². The van der Waals surface area contributed by atoms with E-state index in [9.17, 15) is 9.59 Å². The third-order valence-electron chi connectivity index (χ3n) is 4.50. The molecule has 0 fully saturated rings. The summed E-state index contributed by atoms with van der Waals surface area (Å²) in [7, 11) is 1.70. The van der Waals surface area contributed by atoms with Crippen LogP contribution in [0.3, 0.4) is 0 Å². The van der Waals surface area contributed by atoms with Crippen molar-refractivity contribution in [2.24, 2.45) is 7.05 Å². The molecule has 0 unspecified atom stereocenters. The van der Waals surface area contributed by atoms with E-state index >= 15 is 0 Å². The molecule has 0 saturated heterocycles. The van der Waals surface area contributed by atoms with Crippen molar-refractivity contribution < 1.29 is 4.79 Å². The summed E-state index contributed by atoms with van der Waals surface area (Å²) in [6, 6.07) is 20.2. The smallest absolute Gasteiger partial charge is 0.324 e. The van der Waals surface area contributed by atoms with E-state index in [0.29, 0.717) is 11.4 Å². The number of hydrogen-bond donors (Lipinski definition) is 1. The summed E-state index contributed by atoms with van der Waals surface area (Å²) in [6.45, 7) is -0.0654. The number of carbonyl (C=O) groups excluding carboxylic acids is 1. The van der Waals surface area contributed by atoms with Crippen LogP contribution in [0.4, 0.5) is 5.69 Å². The molecule has 0 atom stereocenters. The van der Waals surface area contributed by atoms with Crippen LogP contribution in [-0.4, -0.2) is 20.0 Å². The molecule has 0 aliphatic rings. The molecule has 142 valence electrons. The zero-order valence-corrected chi connectivity index (χ0v) is 15.8. The maximum absolute atomic E-state index is 12.6. The van der Waals surface area contributed by atoms with E-state index in [1.165, 1.54) is 9.13 Å². The maximum atomic E-state index is 12.6. The van der Waals surface area contributed by atoms with E-state index in [0.717, 1.165) is 16.6 Å². The highest BCUT2D eigenvalue weighted by molar-refractivity contribution is 5.91. The van der Waals surface area contributed by atoms with Gasteiger partial charge in [-0.3, -0.25) is 13.9 Å². The topological polar surface area (TPSA) is 68.9 Å². The second-order valence-electron chi connectivity index (χ2n) is 6.51. The van der Waals surface area contributed by atoms with Gasteiger partial charge < -0.3 is 5.32 Å². The number of aromatic nitrogens is 3. The van der Waals surface area contributed by atoms with Gasteiger partial charge in [-0.25, -0.2) is 9.78 Å². The molecule has 0 radical (unpaired) electrons. The van der Waals surface area contributed by atoms with E-state index in [1.54, 1.807) is 25.4 Å². The van der Waals surface area contributed by atoms with E-state index in [-0.39, 0.29) is 18.1 Å². The van der Waals surface area contributed by atoms with Crippen LogP contribution < -0.4 is 11.0 Å². The lowest BCUT2D eigenvalue weighted by Gasteiger charge is -2.06. The van der Waals surface area contributed by atoms with Crippen molar-refractivity contribution in [3.63, 3.8) is 0 Å². The zero-order valence-electron chi connectivity index (χ0n) is 15.8. The molecule has 0 aliphatic carbocycles. The van der Waals surface area contributed by atoms with Crippen LogP contribution in [-0.2, 0) is 18.4 Å². The third kappa shape index (κ3) is 3.94. The highest BCUT2D eigenvalue weighted by Crippen LogP contribution is 2.13. The summed E-state index contributed by atoms with van der Waals surface area (Å²) < 4.78 is 3.01. The van der Waals surface area contributed by atoms with Crippen LogP contribution in [0.25, 0.3) is 11.0 Å². The lowest BCUT2D eigenvalue weighted by atomic mass is 10.2. The SMILES string of the molecule is Cn1c(=O)n(CC(=O)Nc2cccc(C#Cc3ccccn3)c2)c2ccccc21. The number of benzene rings is 2. The molecule has 1 N–H and O–H groups in total. The predicted octanol–water partition coefficient (Wildman–Crippen LogP) is 2.77. The van der Waals surface area contributed by atoms with Gasteiger partial charge in [-0.05, 0) is 48.4 Å². The minimum absolute atomic E-state index is 0.0654. The van der Waals surface area contributed by atoms with Gasteiger partial charge in [0.05, 0.1) is 11.0 Å². The number of hydrogen-bond acceptors (Lipinski definition) is 3. The number of nitrogens with one attached hydrogen (secondary N) is 1. The average molecular weight is 382 g/mol. The Bertz CT molecular complexity index is 1310. The van der Waals surface area contributed by atoms with Crippen LogP contribution in [0, 0.1) is 11.8 Å². The lowest BCUT2D eigenvalue weighted by molar-refractivity contribution is -0.116. The normalized spacial score (nSPS) is 10.4. The predicted molar refractivity (Wildman–Crippen MR) is 112 cm³/mol. The fourth-order valence-electron chi connectivity index (χ4n) is 3.11. The summed E-state index contributed by atoms with van der Waals surface area (Å²) in [5.74, 6) is 5.75. The quantitative estimate of drug-likeness (QED) is 0.554. The zero-order chi connectivity index (χ0) is 20.2. The van der Waals surface area contributed by atoms with Gasteiger partial charge in [0.15, 0.2) is 0 Å². The van der Waals surface area contributed by atoms with Crippen molar-refractivity contribution in [1.29, 1.82) is 0 Å². The van der Waals surface area contributed by atoms with Crippen LogP contribution in [0.5, 0.6) is 0 Å². The van der Waals surface area contributed by atoms with Crippen molar-refractivity contribution in [1.82, 2.24) is 14.1 Å². The molecular formula is C23H18N4O2. The Morgan fingerprint density at radius 3 is 2.59 bits per heavy atom. The van der Waals surface area contributed by atoms with Gasteiger partial charge in [-0.15, -0.1) is 0 Å². The number of imidazole rings is 1. The molecule has 2 aromatic heterocycles. The molecule has 0 bridgehead atoms. The van der Waals surface area contributed by atoms with Gasteiger partial charge in [-0.1, -0.05) is 30.2 Å². The Kier molecular flexibility index (Phi) is 4.95. The van der Waals surface area contributed by atoms with Crippen LogP contribution in [0.2, 0.25) is 0 Å². The summed E-state index contributed by atoms with van der Waals surface area (Å²) in [5, 5.41) is 2.84. The number of amides is 1. The Morgan fingerprint density at radius 2 is 1.79 bits per heavy atom. The second kappa shape index (κ2) is 7.87. The van der Waals surface area contributed by atoms with Gasteiger partial charge in [-0.2, -0.15) is 0 Å². The van der Waals surface area contributed by atoms with Crippen molar-refractivity contribution >= 4 is 22.6 Å². The molecule has 4 aromatic rings. The molecule has 6 heteroatoms. The van der Waals surface area contributed by atoms with E-state index in [4.69, 9.17) is 0 Å². The number of fused-ring (bicyclic) bond motifs is 1. The molecule has 0 spiro atoms. The molecule has 0 aliphatic heterocycles. The minimum atomic E-state index is -0.279. The van der Waals surface area contributed by atoms with E-state index in [2.05, 4.69) is 22.1 Å². The molecule has 6 nitrogen and oxygen atoms in total. The van der Waals surface area contributed by atoms with Gasteiger partial charge in [0.25, 0.3) is 0 Å². The Hall–Kier alpha value is -4.11. The first-order valence-electron chi connectivity index (χ1n) is 9.09. The Labute approximate surface area is 167 Å². The third-order valence-corrected chi connectivity index (χ3v) is 4.50. The molecule has 4 rings (SSSR count). The highest BCUT2D eigenvalue weighted by atomic mass is 16.2. The molecular weight excluding hydrogens is 364 g/mol. The standard InChI is InChI=1S/C23H18N4O2/c1-26-20-10-2-3-11-21(20)27(23(26)29)16-22(28)25-19-9-6-7-17(15-19)12-13-18-8-4-5-14-24-18/h2-11,14-15H,16H2,1H3,(H,25,28). The van der Waals surface area contributed by atoms with E-state index in [1.807, 2.05) is 54.6 Å². The van der Waals surface area contributed by atoms with Crippen molar-refractivity contribution in [2.75, 3.05) is 5.32 Å².